The molecule has 1 aromatic heterocycles. The first kappa shape index (κ1) is 23.6. The summed E-state index contributed by atoms with van der Waals surface area (Å²) in [5.41, 5.74) is 1.91. The van der Waals surface area contributed by atoms with E-state index in [4.69, 9.17) is 9.47 Å². The highest BCUT2D eigenvalue weighted by molar-refractivity contribution is 7.92. The van der Waals surface area contributed by atoms with Crippen LogP contribution in [0, 0.1) is 0 Å². The zero-order valence-corrected chi connectivity index (χ0v) is 19.6. The van der Waals surface area contributed by atoms with Gasteiger partial charge in [-0.15, -0.1) is 5.10 Å². The number of hydrogen-bond acceptors (Lipinski definition) is 6. The molecule has 34 heavy (non-hydrogen) atoms. The summed E-state index contributed by atoms with van der Waals surface area (Å²) in [5, 5.41) is 18.5. The number of nitrogens with zero attached hydrogens (tertiary/aromatic N) is 1. The molecule has 0 aliphatic carbocycles. The Labute approximate surface area is 198 Å². The van der Waals surface area contributed by atoms with Gasteiger partial charge in [0.15, 0.2) is 0 Å². The van der Waals surface area contributed by atoms with Crippen LogP contribution in [-0.2, 0) is 10.0 Å². The third-order valence-corrected chi connectivity index (χ3v) is 6.81. The van der Waals surface area contributed by atoms with Gasteiger partial charge in [-0.3, -0.25) is 9.82 Å². The third-order valence-electron chi connectivity index (χ3n) is 5.41. The zero-order valence-electron chi connectivity index (χ0n) is 18.8. The van der Waals surface area contributed by atoms with Crippen LogP contribution in [0.25, 0.3) is 10.9 Å². The molecule has 1 heterocycles. The Bertz CT molecular complexity index is 1340. The highest BCUT2D eigenvalue weighted by Crippen LogP contribution is 2.27. The van der Waals surface area contributed by atoms with Crippen molar-refractivity contribution in [3.63, 3.8) is 0 Å². The van der Waals surface area contributed by atoms with Gasteiger partial charge in [-0.2, -0.15) is 0 Å². The molecule has 4 aromatic rings. The lowest BCUT2D eigenvalue weighted by molar-refractivity contribution is 0.160. The monoisotopic (exact) mass is 481 g/mol. The summed E-state index contributed by atoms with van der Waals surface area (Å²) in [6.45, 7) is 0.514. The number of rotatable bonds is 11. The molecular weight excluding hydrogens is 454 g/mol. The van der Waals surface area contributed by atoms with Crippen LogP contribution in [0.3, 0.4) is 0 Å². The highest BCUT2D eigenvalue weighted by atomic mass is 32.2. The van der Waals surface area contributed by atoms with E-state index >= 15 is 0 Å². The van der Waals surface area contributed by atoms with E-state index in [1.165, 1.54) is 12.1 Å². The number of aromatic amines is 1. The van der Waals surface area contributed by atoms with Gasteiger partial charge in [0.25, 0.3) is 10.0 Å². The number of methoxy groups -OCH3 is 1. The van der Waals surface area contributed by atoms with E-state index in [1.807, 2.05) is 18.2 Å². The van der Waals surface area contributed by atoms with Gasteiger partial charge in [-0.25, -0.2) is 8.42 Å². The number of unbranched alkanes of at least 4 members (excludes halogenated alkanes) is 1. The lowest BCUT2D eigenvalue weighted by Crippen LogP contribution is -2.13. The number of aromatic nitrogens is 2. The molecule has 8 nitrogen and oxygen atoms in total. The van der Waals surface area contributed by atoms with Gasteiger partial charge < -0.3 is 14.6 Å². The predicted molar refractivity (Wildman–Crippen MR) is 131 cm³/mol. The van der Waals surface area contributed by atoms with Gasteiger partial charge in [0, 0.05) is 11.8 Å². The maximum Gasteiger partial charge on any atom is 0.261 e. The minimum Gasteiger partial charge on any atom is -0.494 e. The van der Waals surface area contributed by atoms with Crippen molar-refractivity contribution in [1.82, 2.24) is 10.2 Å². The maximum atomic E-state index is 12.5. The van der Waals surface area contributed by atoms with E-state index in [0.29, 0.717) is 30.2 Å². The molecule has 0 radical (unpaired) electrons. The van der Waals surface area contributed by atoms with Crippen LogP contribution < -0.4 is 14.2 Å². The molecule has 0 saturated carbocycles. The van der Waals surface area contributed by atoms with Crippen molar-refractivity contribution in [2.45, 2.75) is 30.3 Å². The Morgan fingerprint density at radius 3 is 2.65 bits per heavy atom. The Morgan fingerprint density at radius 2 is 1.85 bits per heavy atom. The average molecular weight is 482 g/mol. The second-order valence-electron chi connectivity index (χ2n) is 7.84. The van der Waals surface area contributed by atoms with E-state index < -0.39 is 16.1 Å². The molecule has 1 atom stereocenters. The number of anilines is 1. The third kappa shape index (κ3) is 5.67. The van der Waals surface area contributed by atoms with Gasteiger partial charge in [0.2, 0.25) is 5.88 Å². The van der Waals surface area contributed by atoms with E-state index in [1.54, 1.807) is 49.6 Å². The smallest absolute Gasteiger partial charge is 0.261 e. The number of H-pyrrole nitrogens is 1. The van der Waals surface area contributed by atoms with E-state index in [9.17, 15) is 13.5 Å². The lowest BCUT2D eigenvalue weighted by atomic mass is 10.0. The fourth-order valence-corrected chi connectivity index (χ4v) is 4.71. The Kier molecular flexibility index (Phi) is 7.34. The summed E-state index contributed by atoms with van der Waals surface area (Å²) in [6, 6.07) is 20.7. The molecule has 0 saturated heterocycles. The molecule has 0 aliphatic rings. The number of aliphatic hydroxyl groups excluding tert-OH is 1. The molecule has 0 fully saturated rings. The largest absolute Gasteiger partial charge is 0.494 e. The summed E-state index contributed by atoms with van der Waals surface area (Å²) < 4.78 is 38.6. The number of fused-ring (bicyclic) bond motifs is 1. The topological polar surface area (TPSA) is 114 Å². The molecule has 4 rings (SSSR count). The normalized spacial score (nSPS) is 12.4. The van der Waals surface area contributed by atoms with Crippen molar-refractivity contribution in [3.8, 4) is 11.6 Å². The molecular formula is C25H27N3O5S. The van der Waals surface area contributed by atoms with Crippen molar-refractivity contribution in [3.05, 3.63) is 78.4 Å². The summed E-state index contributed by atoms with van der Waals surface area (Å²) in [5.74, 6) is 1.28. The molecule has 0 unspecified atom stereocenters. The van der Waals surface area contributed by atoms with Crippen LogP contribution in [0.15, 0.2) is 77.7 Å². The van der Waals surface area contributed by atoms with Crippen LogP contribution in [0.1, 0.15) is 30.9 Å². The summed E-state index contributed by atoms with van der Waals surface area (Å²) in [7, 11) is -2.10. The van der Waals surface area contributed by atoms with E-state index in [-0.39, 0.29) is 4.90 Å². The van der Waals surface area contributed by atoms with Gasteiger partial charge >= 0.3 is 0 Å². The molecule has 9 heteroatoms. The molecule has 0 spiro atoms. The highest BCUT2D eigenvalue weighted by Gasteiger charge is 2.15. The second-order valence-corrected chi connectivity index (χ2v) is 9.53. The first-order chi connectivity index (χ1) is 16.5. The molecule has 0 aliphatic heterocycles. The number of aliphatic hydroxyl groups is 1. The summed E-state index contributed by atoms with van der Waals surface area (Å²) in [6.07, 6.45) is 1.35. The molecule has 3 aromatic carbocycles. The minimum atomic E-state index is -3.68. The Morgan fingerprint density at radius 1 is 1.03 bits per heavy atom. The van der Waals surface area contributed by atoms with Crippen molar-refractivity contribution in [2.24, 2.45) is 0 Å². The van der Waals surface area contributed by atoms with Gasteiger partial charge in [-0.1, -0.05) is 30.3 Å². The fourth-order valence-electron chi connectivity index (χ4n) is 3.64. The van der Waals surface area contributed by atoms with E-state index in [0.717, 1.165) is 29.5 Å². The SMILES string of the molecule is COc1n[nH]c2cc(OCCCC[C@H](O)c3cccc(NS(=O)(=O)c4ccccc4)c3)ccc12. The van der Waals surface area contributed by atoms with Crippen LogP contribution >= 0.6 is 0 Å². The van der Waals surface area contributed by atoms with Crippen LogP contribution in [0.2, 0.25) is 0 Å². The van der Waals surface area contributed by atoms with Gasteiger partial charge in [0.1, 0.15) is 5.75 Å². The molecule has 0 bridgehead atoms. The lowest BCUT2D eigenvalue weighted by Gasteiger charge is -2.14. The van der Waals surface area contributed by atoms with Crippen LogP contribution in [0.5, 0.6) is 11.6 Å². The van der Waals surface area contributed by atoms with Crippen molar-refractivity contribution >= 4 is 26.6 Å². The first-order valence-electron chi connectivity index (χ1n) is 11.0. The van der Waals surface area contributed by atoms with Crippen molar-refractivity contribution < 1.29 is 23.0 Å². The Hall–Kier alpha value is -3.56. The Balaban J connectivity index is 1.26. The number of nitrogens with one attached hydrogen (secondary N) is 2. The second kappa shape index (κ2) is 10.6. The van der Waals surface area contributed by atoms with Crippen molar-refractivity contribution in [2.75, 3.05) is 18.4 Å². The molecule has 178 valence electrons. The number of sulfonamides is 1. The number of hydrogen-bond donors (Lipinski definition) is 3. The molecule has 3 N–H and O–H groups in total. The number of ether oxygens (including phenoxy) is 2. The average Bonchev–Trinajstić information content (AvgIpc) is 3.26. The molecule has 0 amide bonds. The van der Waals surface area contributed by atoms with Crippen LogP contribution in [0.4, 0.5) is 5.69 Å². The predicted octanol–water partition coefficient (Wildman–Crippen LogP) is 4.66. The number of benzene rings is 3. The summed E-state index contributed by atoms with van der Waals surface area (Å²) in [4.78, 5) is 0.187. The van der Waals surface area contributed by atoms with E-state index in [2.05, 4.69) is 14.9 Å². The minimum absolute atomic E-state index is 0.187. The van der Waals surface area contributed by atoms with Gasteiger partial charge in [0.05, 0.1) is 35.6 Å². The zero-order chi connectivity index (χ0) is 24.0. The van der Waals surface area contributed by atoms with Crippen LogP contribution in [-0.4, -0.2) is 37.4 Å². The van der Waals surface area contributed by atoms with Crippen molar-refractivity contribution in [1.29, 1.82) is 0 Å². The first-order valence-corrected chi connectivity index (χ1v) is 12.5. The summed E-state index contributed by atoms with van der Waals surface area (Å²) >= 11 is 0. The quantitative estimate of drug-likeness (QED) is 0.269. The standard InChI is InChI=1S/C25H27N3O5S/c1-32-25-22-14-13-20(17-23(22)26-27-25)33-15-6-5-12-24(29)18-8-7-9-19(16-18)28-34(30,31)21-10-3-2-4-11-21/h2-4,7-11,13-14,16-17,24,28-29H,5-6,12,15H2,1H3,(H,26,27)/t24-/m0/s1. The fraction of sp³-hybridized carbons (Fsp3) is 0.240. The maximum absolute atomic E-state index is 12.5. The van der Waals surface area contributed by atoms with Gasteiger partial charge in [-0.05, 0) is 61.2 Å².